The van der Waals surface area contributed by atoms with E-state index in [1.165, 1.54) is 5.57 Å². The van der Waals surface area contributed by atoms with Crippen LogP contribution in [0.15, 0.2) is 24.3 Å². The molecule has 0 N–H and O–H groups in total. The van der Waals surface area contributed by atoms with Gasteiger partial charge in [0.15, 0.2) is 0 Å². The Morgan fingerprint density at radius 3 is 2.46 bits per heavy atom. The van der Waals surface area contributed by atoms with Gasteiger partial charge in [0.1, 0.15) is 6.29 Å². The van der Waals surface area contributed by atoms with Gasteiger partial charge in [-0.2, -0.15) is 0 Å². The van der Waals surface area contributed by atoms with Crippen LogP contribution >= 0.6 is 0 Å². The zero-order valence-corrected chi connectivity index (χ0v) is 8.92. The minimum absolute atomic E-state index is 0.370. The number of rotatable bonds is 6. The Morgan fingerprint density at radius 1 is 1.38 bits per heavy atom. The van der Waals surface area contributed by atoms with Gasteiger partial charge in [-0.25, -0.2) is 0 Å². The maximum atomic E-state index is 10.2. The van der Waals surface area contributed by atoms with Gasteiger partial charge in [0.2, 0.25) is 0 Å². The smallest absolute Gasteiger partial charge is 0.120 e. The molecule has 0 aliphatic heterocycles. The van der Waals surface area contributed by atoms with E-state index in [-0.39, 0.29) is 0 Å². The van der Waals surface area contributed by atoms with Crippen molar-refractivity contribution in [1.29, 1.82) is 0 Å². The Bertz CT molecular complexity index is 191. The predicted molar refractivity (Wildman–Crippen MR) is 57.6 cm³/mol. The van der Waals surface area contributed by atoms with Gasteiger partial charge >= 0.3 is 0 Å². The van der Waals surface area contributed by atoms with E-state index in [1.54, 1.807) is 0 Å². The second kappa shape index (κ2) is 6.64. The van der Waals surface area contributed by atoms with Gasteiger partial charge in [0.25, 0.3) is 0 Å². The van der Waals surface area contributed by atoms with Crippen LogP contribution in [0.3, 0.4) is 0 Å². The van der Waals surface area contributed by atoms with Crippen molar-refractivity contribution in [2.75, 3.05) is 0 Å². The van der Waals surface area contributed by atoms with Crippen LogP contribution in [-0.2, 0) is 4.79 Å². The molecule has 1 heteroatoms. The molecule has 2 unspecified atom stereocenters. The first kappa shape index (κ1) is 12.2. The van der Waals surface area contributed by atoms with E-state index in [0.29, 0.717) is 18.3 Å². The quantitative estimate of drug-likeness (QED) is 0.452. The van der Waals surface area contributed by atoms with E-state index in [9.17, 15) is 4.79 Å². The molecule has 0 aliphatic rings. The molecule has 0 aromatic heterocycles. The zero-order chi connectivity index (χ0) is 10.3. The van der Waals surface area contributed by atoms with Crippen molar-refractivity contribution in [3.63, 3.8) is 0 Å². The SMILES string of the molecule is C=CC(C)CC(C)=CC(C)CC=O. The highest BCUT2D eigenvalue weighted by Crippen LogP contribution is 2.14. The van der Waals surface area contributed by atoms with Crippen molar-refractivity contribution in [1.82, 2.24) is 0 Å². The fourth-order valence-electron chi connectivity index (χ4n) is 1.36. The van der Waals surface area contributed by atoms with Crippen molar-refractivity contribution in [3.05, 3.63) is 24.3 Å². The fourth-order valence-corrected chi connectivity index (χ4v) is 1.36. The Balaban J connectivity index is 3.99. The Kier molecular flexibility index (Phi) is 6.21. The zero-order valence-electron chi connectivity index (χ0n) is 8.92. The summed E-state index contributed by atoms with van der Waals surface area (Å²) in [6.45, 7) is 10.1. The van der Waals surface area contributed by atoms with Gasteiger partial charge in [-0.15, -0.1) is 6.58 Å². The maximum Gasteiger partial charge on any atom is 0.120 e. The Labute approximate surface area is 81.5 Å². The van der Waals surface area contributed by atoms with Gasteiger partial charge in [-0.1, -0.05) is 31.6 Å². The molecule has 0 spiro atoms. The van der Waals surface area contributed by atoms with Crippen LogP contribution in [0.2, 0.25) is 0 Å². The molecule has 13 heavy (non-hydrogen) atoms. The largest absolute Gasteiger partial charge is 0.303 e. The van der Waals surface area contributed by atoms with E-state index in [0.717, 1.165) is 12.7 Å². The lowest BCUT2D eigenvalue weighted by molar-refractivity contribution is -0.108. The van der Waals surface area contributed by atoms with Crippen molar-refractivity contribution in [3.8, 4) is 0 Å². The Hall–Kier alpha value is -0.850. The highest BCUT2D eigenvalue weighted by Gasteiger charge is 2.00. The predicted octanol–water partition coefficient (Wildman–Crippen LogP) is 3.37. The van der Waals surface area contributed by atoms with Gasteiger partial charge in [-0.05, 0) is 25.2 Å². The second-order valence-corrected chi connectivity index (χ2v) is 3.81. The standard InChI is InChI=1S/C12H20O/c1-5-10(2)8-12(4)9-11(3)6-7-13/h5,7,9-11H,1,6,8H2,2-4H3. The first-order valence-corrected chi connectivity index (χ1v) is 4.83. The molecule has 0 heterocycles. The molecule has 1 nitrogen and oxygen atoms in total. The van der Waals surface area contributed by atoms with Crippen molar-refractivity contribution in [2.24, 2.45) is 11.8 Å². The molecule has 0 amide bonds. The average Bonchev–Trinajstić information content (AvgIpc) is 2.04. The van der Waals surface area contributed by atoms with Crippen LogP contribution in [0.5, 0.6) is 0 Å². The molecular weight excluding hydrogens is 160 g/mol. The van der Waals surface area contributed by atoms with E-state index in [1.807, 2.05) is 6.08 Å². The average molecular weight is 180 g/mol. The lowest BCUT2D eigenvalue weighted by atomic mass is 9.98. The number of carbonyl (C=O) groups is 1. The van der Waals surface area contributed by atoms with Gasteiger partial charge in [0.05, 0.1) is 0 Å². The molecule has 0 aromatic rings. The van der Waals surface area contributed by atoms with Crippen LogP contribution in [-0.4, -0.2) is 6.29 Å². The van der Waals surface area contributed by atoms with Crippen molar-refractivity contribution >= 4 is 6.29 Å². The molecule has 0 aromatic carbocycles. The Morgan fingerprint density at radius 2 is 2.00 bits per heavy atom. The van der Waals surface area contributed by atoms with Crippen LogP contribution < -0.4 is 0 Å². The summed E-state index contributed by atoms with van der Waals surface area (Å²) in [6.07, 6.45) is 6.79. The third-order valence-electron chi connectivity index (χ3n) is 2.08. The highest BCUT2D eigenvalue weighted by atomic mass is 16.1. The molecule has 0 saturated heterocycles. The molecule has 0 saturated carbocycles. The second-order valence-electron chi connectivity index (χ2n) is 3.81. The summed E-state index contributed by atoms with van der Waals surface area (Å²) in [5.74, 6) is 0.897. The molecule has 0 radical (unpaired) electrons. The van der Waals surface area contributed by atoms with Gasteiger partial charge < -0.3 is 4.79 Å². The minimum Gasteiger partial charge on any atom is -0.303 e. The maximum absolute atomic E-state index is 10.2. The number of hydrogen-bond acceptors (Lipinski definition) is 1. The van der Waals surface area contributed by atoms with Gasteiger partial charge in [0, 0.05) is 6.42 Å². The molecule has 2 atom stereocenters. The van der Waals surface area contributed by atoms with Crippen LogP contribution in [0.25, 0.3) is 0 Å². The number of hydrogen-bond donors (Lipinski definition) is 0. The molecule has 74 valence electrons. The van der Waals surface area contributed by atoms with Crippen molar-refractivity contribution < 1.29 is 4.79 Å². The summed E-state index contributed by atoms with van der Waals surface area (Å²) < 4.78 is 0. The molecule has 0 aliphatic carbocycles. The summed E-state index contributed by atoms with van der Waals surface area (Å²) in [5, 5.41) is 0. The fraction of sp³-hybridized carbons (Fsp3) is 0.583. The summed E-state index contributed by atoms with van der Waals surface area (Å²) in [4.78, 5) is 10.2. The first-order valence-electron chi connectivity index (χ1n) is 4.83. The van der Waals surface area contributed by atoms with Gasteiger partial charge in [-0.3, -0.25) is 0 Å². The summed E-state index contributed by atoms with van der Waals surface area (Å²) in [5.41, 5.74) is 1.35. The summed E-state index contributed by atoms with van der Waals surface area (Å²) >= 11 is 0. The topological polar surface area (TPSA) is 17.1 Å². The monoisotopic (exact) mass is 180 g/mol. The van der Waals surface area contributed by atoms with Crippen LogP contribution in [0.4, 0.5) is 0 Å². The molecular formula is C12H20O. The summed E-state index contributed by atoms with van der Waals surface area (Å²) in [6, 6.07) is 0. The molecule has 0 rings (SSSR count). The number of aldehydes is 1. The van der Waals surface area contributed by atoms with Crippen LogP contribution in [0, 0.1) is 11.8 Å². The lowest BCUT2D eigenvalue weighted by Crippen LogP contribution is -1.95. The lowest BCUT2D eigenvalue weighted by Gasteiger charge is -2.08. The van der Waals surface area contributed by atoms with E-state index < -0.39 is 0 Å². The number of carbonyl (C=O) groups excluding carboxylic acids is 1. The van der Waals surface area contributed by atoms with E-state index in [4.69, 9.17) is 0 Å². The molecule has 0 fully saturated rings. The first-order chi connectivity index (χ1) is 6.10. The summed E-state index contributed by atoms with van der Waals surface area (Å²) in [7, 11) is 0. The third kappa shape index (κ3) is 6.32. The normalized spacial score (nSPS) is 16.4. The molecule has 0 bridgehead atoms. The van der Waals surface area contributed by atoms with Crippen molar-refractivity contribution in [2.45, 2.75) is 33.6 Å². The minimum atomic E-state index is 0.370. The third-order valence-corrected chi connectivity index (χ3v) is 2.08. The highest BCUT2D eigenvalue weighted by molar-refractivity contribution is 5.50. The van der Waals surface area contributed by atoms with E-state index >= 15 is 0 Å². The van der Waals surface area contributed by atoms with Crippen LogP contribution in [0.1, 0.15) is 33.6 Å². The number of allylic oxidation sites excluding steroid dienone is 3. The van der Waals surface area contributed by atoms with E-state index in [2.05, 4.69) is 33.4 Å².